The van der Waals surface area contributed by atoms with E-state index in [1.165, 1.54) is 16.4 Å². The number of nitrogens with two attached hydrogens (primary N) is 1. The van der Waals surface area contributed by atoms with Crippen LogP contribution in [0.5, 0.6) is 0 Å². The highest BCUT2D eigenvalue weighted by Crippen LogP contribution is 2.25. The van der Waals surface area contributed by atoms with Crippen LogP contribution in [0.3, 0.4) is 0 Å². The summed E-state index contributed by atoms with van der Waals surface area (Å²) in [5.74, 6) is -0.800. The monoisotopic (exact) mass is 337 g/mol. The lowest BCUT2D eigenvalue weighted by Gasteiger charge is -2.32. The van der Waals surface area contributed by atoms with Crippen molar-refractivity contribution in [1.82, 2.24) is 8.61 Å². The Bertz CT molecular complexity index is 741. The van der Waals surface area contributed by atoms with E-state index in [0.29, 0.717) is 0 Å². The highest BCUT2D eigenvalue weighted by atomic mass is 32.2. The molecule has 0 aliphatic carbocycles. The summed E-state index contributed by atoms with van der Waals surface area (Å²) in [7, 11) is -7.28. The van der Waals surface area contributed by atoms with Gasteiger partial charge in [-0.3, -0.25) is 0 Å². The van der Waals surface area contributed by atoms with Gasteiger partial charge in [0, 0.05) is 26.2 Å². The zero-order valence-corrected chi connectivity index (χ0v) is 13.0. The van der Waals surface area contributed by atoms with Crippen molar-refractivity contribution in [3.63, 3.8) is 0 Å². The van der Waals surface area contributed by atoms with E-state index in [2.05, 4.69) is 0 Å². The minimum Gasteiger partial charge on any atom is -0.395 e. The number of anilines is 1. The molecule has 1 saturated heterocycles. The van der Waals surface area contributed by atoms with E-state index in [1.807, 2.05) is 0 Å². The fourth-order valence-corrected chi connectivity index (χ4v) is 4.50. The molecule has 0 spiro atoms. The molecule has 1 aliphatic rings. The molecule has 1 aliphatic heterocycles. The first-order valence-corrected chi connectivity index (χ1v) is 9.42. The van der Waals surface area contributed by atoms with Crippen LogP contribution in [0.4, 0.5) is 10.1 Å². The molecule has 1 fully saturated rings. The highest BCUT2D eigenvalue weighted by Gasteiger charge is 2.32. The zero-order valence-electron chi connectivity index (χ0n) is 11.4. The number of nitrogen functional groups attached to an aromatic ring is 1. The molecule has 10 heteroatoms. The Morgan fingerprint density at radius 1 is 1.05 bits per heavy atom. The maximum atomic E-state index is 13.4. The third-order valence-corrected chi connectivity index (χ3v) is 6.56. The van der Waals surface area contributed by atoms with E-state index in [1.54, 1.807) is 0 Å². The van der Waals surface area contributed by atoms with E-state index >= 15 is 0 Å². The number of piperazine rings is 1. The molecule has 0 amide bonds. The van der Waals surface area contributed by atoms with Gasteiger partial charge in [-0.1, -0.05) is 6.07 Å². The molecule has 21 heavy (non-hydrogen) atoms. The van der Waals surface area contributed by atoms with Gasteiger partial charge in [0.15, 0.2) is 0 Å². The Hall–Kier alpha value is -1.23. The molecule has 2 N–H and O–H groups in total. The van der Waals surface area contributed by atoms with Crippen LogP contribution in [-0.2, 0) is 20.0 Å². The van der Waals surface area contributed by atoms with Gasteiger partial charge in [-0.2, -0.15) is 8.61 Å². The molecule has 0 saturated carbocycles. The predicted octanol–water partition coefficient (Wildman–Crippen LogP) is -0.326. The first-order chi connectivity index (χ1) is 9.64. The van der Waals surface area contributed by atoms with Crippen molar-refractivity contribution in [3.8, 4) is 0 Å². The number of nitrogens with zero attached hydrogens (tertiary/aromatic N) is 2. The van der Waals surface area contributed by atoms with Gasteiger partial charge < -0.3 is 5.73 Å². The van der Waals surface area contributed by atoms with Crippen molar-refractivity contribution < 1.29 is 21.2 Å². The van der Waals surface area contributed by atoms with Gasteiger partial charge in [-0.25, -0.2) is 21.2 Å². The lowest BCUT2D eigenvalue weighted by Crippen LogP contribution is -2.50. The molecule has 1 heterocycles. The third kappa shape index (κ3) is 3.18. The summed E-state index contributed by atoms with van der Waals surface area (Å²) in [5.41, 5.74) is 5.06. The molecule has 7 nitrogen and oxygen atoms in total. The number of sulfonamides is 2. The smallest absolute Gasteiger partial charge is 0.245 e. The van der Waals surface area contributed by atoms with E-state index in [-0.39, 0.29) is 31.1 Å². The summed E-state index contributed by atoms with van der Waals surface area (Å²) in [5, 5.41) is 0. The summed E-state index contributed by atoms with van der Waals surface area (Å²) < 4.78 is 63.4. The second-order valence-corrected chi connectivity index (χ2v) is 8.61. The average molecular weight is 337 g/mol. The van der Waals surface area contributed by atoms with E-state index in [4.69, 9.17) is 5.73 Å². The maximum Gasteiger partial charge on any atom is 0.245 e. The Morgan fingerprint density at radius 3 is 2.10 bits per heavy atom. The van der Waals surface area contributed by atoms with Gasteiger partial charge in [0.1, 0.15) is 10.7 Å². The van der Waals surface area contributed by atoms with Crippen molar-refractivity contribution in [2.24, 2.45) is 0 Å². The van der Waals surface area contributed by atoms with Crippen molar-refractivity contribution >= 4 is 25.7 Å². The van der Waals surface area contributed by atoms with Crippen LogP contribution in [-0.4, -0.2) is 57.9 Å². The van der Waals surface area contributed by atoms with Gasteiger partial charge in [-0.15, -0.1) is 0 Å². The van der Waals surface area contributed by atoms with Crippen molar-refractivity contribution in [1.29, 1.82) is 0 Å². The number of halogens is 1. The number of hydrogen-bond donors (Lipinski definition) is 1. The Labute approximate surface area is 123 Å². The number of hydrogen-bond acceptors (Lipinski definition) is 5. The topological polar surface area (TPSA) is 101 Å². The molecular weight excluding hydrogens is 321 g/mol. The first-order valence-electron chi connectivity index (χ1n) is 6.13. The second-order valence-electron chi connectivity index (χ2n) is 4.72. The maximum absolute atomic E-state index is 13.4. The Kier molecular flexibility index (Phi) is 4.24. The van der Waals surface area contributed by atoms with Gasteiger partial charge in [0.2, 0.25) is 20.0 Å². The molecule has 0 aromatic heterocycles. The highest BCUT2D eigenvalue weighted by molar-refractivity contribution is 7.89. The predicted molar refractivity (Wildman–Crippen MR) is 76.0 cm³/mol. The van der Waals surface area contributed by atoms with Crippen LogP contribution in [0.1, 0.15) is 0 Å². The van der Waals surface area contributed by atoms with Crippen molar-refractivity contribution in [2.45, 2.75) is 4.90 Å². The largest absolute Gasteiger partial charge is 0.395 e. The molecule has 1 aromatic rings. The van der Waals surface area contributed by atoms with Gasteiger partial charge in [0.25, 0.3) is 0 Å². The number of rotatable bonds is 3. The Morgan fingerprint density at radius 2 is 1.57 bits per heavy atom. The van der Waals surface area contributed by atoms with Crippen LogP contribution in [0, 0.1) is 5.82 Å². The van der Waals surface area contributed by atoms with Crippen LogP contribution in [0.15, 0.2) is 23.1 Å². The third-order valence-electron chi connectivity index (χ3n) is 3.30. The molecule has 0 unspecified atom stereocenters. The van der Waals surface area contributed by atoms with E-state index in [0.717, 1.165) is 16.6 Å². The first kappa shape index (κ1) is 16.1. The summed E-state index contributed by atoms with van der Waals surface area (Å²) >= 11 is 0. The normalized spacial score (nSPS) is 18.8. The summed E-state index contributed by atoms with van der Waals surface area (Å²) in [6.07, 6.45) is 1.07. The standard InChI is InChI=1S/C11H16FN3O4S2/c1-20(16,17)14-5-7-15(8-6-14)21(18,19)10-4-2-3-9(12)11(10)13/h2-4H,5-8,13H2,1H3. The van der Waals surface area contributed by atoms with Crippen molar-refractivity contribution in [2.75, 3.05) is 38.2 Å². The molecule has 2 rings (SSSR count). The summed E-state index contributed by atoms with van der Waals surface area (Å²) in [4.78, 5) is -0.296. The zero-order chi connectivity index (χ0) is 15.8. The summed E-state index contributed by atoms with van der Waals surface area (Å²) in [6.45, 7) is 0.136. The molecule has 118 valence electrons. The minimum atomic E-state index is -3.94. The van der Waals surface area contributed by atoms with Gasteiger partial charge in [-0.05, 0) is 12.1 Å². The average Bonchev–Trinajstić information content (AvgIpc) is 2.41. The van der Waals surface area contributed by atoms with Crippen LogP contribution in [0.2, 0.25) is 0 Å². The van der Waals surface area contributed by atoms with E-state index < -0.39 is 31.6 Å². The molecule has 0 radical (unpaired) electrons. The van der Waals surface area contributed by atoms with Crippen LogP contribution >= 0.6 is 0 Å². The Balaban J connectivity index is 2.25. The summed E-state index contributed by atoms with van der Waals surface area (Å²) in [6, 6.07) is 3.58. The van der Waals surface area contributed by atoms with Gasteiger partial charge in [0.05, 0.1) is 11.9 Å². The van der Waals surface area contributed by atoms with Crippen molar-refractivity contribution in [3.05, 3.63) is 24.0 Å². The minimum absolute atomic E-state index is 0.00531. The van der Waals surface area contributed by atoms with Crippen LogP contribution in [0.25, 0.3) is 0 Å². The molecule has 0 atom stereocenters. The number of benzene rings is 1. The fraction of sp³-hybridized carbons (Fsp3) is 0.455. The quantitative estimate of drug-likeness (QED) is 0.762. The lowest BCUT2D eigenvalue weighted by atomic mass is 10.3. The molecule has 0 bridgehead atoms. The fourth-order valence-electron chi connectivity index (χ4n) is 2.12. The second kappa shape index (κ2) is 5.52. The van der Waals surface area contributed by atoms with Gasteiger partial charge >= 0.3 is 0 Å². The molecular formula is C11H16FN3O4S2. The molecule has 1 aromatic carbocycles. The number of para-hydroxylation sites is 1. The van der Waals surface area contributed by atoms with Crippen LogP contribution < -0.4 is 5.73 Å². The van der Waals surface area contributed by atoms with E-state index in [9.17, 15) is 21.2 Å². The lowest BCUT2D eigenvalue weighted by molar-refractivity contribution is 0.274. The SMILES string of the molecule is CS(=O)(=O)N1CCN(S(=O)(=O)c2cccc(F)c2N)CC1.